The highest BCUT2D eigenvalue weighted by atomic mass is 32.1. The number of aromatic nitrogens is 2. The summed E-state index contributed by atoms with van der Waals surface area (Å²) in [7, 11) is 1.98. The third-order valence-corrected chi connectivity index (χ3v) is 3.16. The third kappa shape index (κ3) is 3.01. The molecule has 5 heteroatoms. The summed E-state index contributed by atoms with van der Waals surface area (Å²) < 4.78 is 0. The molecule has 0 saturated heterocycles. The van der Waals surface area contributed by atoms with Crippen LogP contribution in [0.15, 0.2) is 29.2 Å². The lowest BCUT2D eigenvalue weighted by molar-refractivity contribution is 0.199. The van der Waals surface area contributed by atoms with Gasteiger partial charge < -0.3 is 10.0 Å². The van der Waals surface area contributed by atoms with Crippen LogP contribution in [0.5, 0.6) is 0 Å². The lowest BCUT2D eigenvalue weighted by Crippen LogP contribution is -2.17. The highest BCUT2D eigenvalue weighted by molar-refractivity contribution is 7.07. The van der Waals surface area contributed by atoms with E-state index in [0.29, 0.717) is 0 Å². The maximum atomic E-state index is 9.40. The van der Waals surface area contributed by atoms with E-state index in [2.05, 4.69) is 9.97 Å². The summed E-state index contributed by atoms with van der Waals surface area (Å²) in [5, 5.41) is 11.4. The first-order valence-electron chi connectivity index (χ1n) is 5.39. The molecular weight excluding hydrogens is 234 g/mol. The van der Waals surface area contributed by atoms with Crippen molar-refractivity contribution in [1.29, 1.82) is 0 Å². The summed E-state index contributed by atoms with van der Waals surface area (Å²) in [4.78, 5) is 10.6. The Bertz CT molecular complexity index is 453. The normalized spacial score (nSPS) is 12.4. The van der Waals surface area contributed by atoms with Crippen molar-refractivity contribution in [1.82, 2.24) is 9.97 Å². The quantitative estimate of drug-likeness (QED) is 0.902. The van der Waals surface area contributed by atoms with E-state index < -0.39 is 6.10 Å². The Morgan fingerprint density at radius 2 is 2.24 bits per heavy atom. The smallest absolute Gasteiger partial charge is 0.128 e. The van der Waals surface area contributed by atoms with E-state index in [-0.39, 0.29) is 0 Å². The number of hydrogen-bond donors (Lipinski definition) is 1. The van der Waals surface area contributed by atoms with E-state index in [1.807, 2.05) is 35.0 Å². The lowest BCUT2D eigenvalue weighted by Gasteiger charge is -2.17. The van der Waals surface area contributed by atoms with Crippen LogP contribution in [0.3, 0.4) is 0 Å². The van der Waals surface area contributed by atoms with Gasteiger partial charge >= 0.3 is 0 Å². The molecule has 2 aromatic rings. The Labute approximate surface area is 105 Å². The van der Waals surface area contributed by atoms with Crippen LogP contribution in [-0.4, -0.2) is 22.1 Å². The molecule has 0 aliphatic rings. The number of rotatable bonds is 4. The zero-order valence-corrected chi connectivity index (χ0v) is 10.7. The molecule has 0 bridgehead atoms. The van der Waals surface area contributed by atoms with Gasteiger partial charge in [-0.1, -0.05) is 6.07 Å². The molecule has 17 heavy (non-hydrogen) atoms. The fraction of sp³-hybridized carbons (Fsp3) is 0.333. The van der Waals surface area contributed by atoms with E-state index in [1.54, 1.807) is 24.5 Å². The van der Waals surface area contributed by atoms with Crippen LogP contribution in [0.1, 0.15) is 24.3 Å². The molecule has 0 aromatic carbocycles. The first-order valence-corrected chi connectivity index (χ1v) is 6.33. The van der Waals surface area contributed by atoms with Crippen molar-refractivity contribution >= 4 is 17.2 Å². The number of pyridine rings is 1. The van der Waals surface area contributed by atoms with Crippen molar-refractivity contribution in [3.8, 4) is 0 Å². The van der Waals surface area contributed by atoms with Crippen LogP contribution in [0.4, 0.5) is 5.82 Å². The largest absolute Gasteiger partial charge is 0.389 e. The molecule has 90 valence electrons. The topological polar surface area (TPSA) is 49.2 Å². The van der Waals surface area contributed by atoms with Gasteiger partial charge in [-0.15, -0.1) is 11.3 Å². The third-order valence-electron chi connectivity index (χ3n) is 2.53. The van der Waals surface area contributed by atoms with Crippen molar-refractivity contribution in [3.05, 3.63) is 40.5 Å². The summed E-state index contributed by atoms with van der Waals surface area (Å²) in [6, 6.07) is 3.80. The van der Waals surface area contributed by atoms with Gasteiger partial charge in [0, 0.05) is 18.6 Å². The van der Waals surface area contributed by atoms with Crippen LogP contribution in [0, 0.1) is 0 Å². The minimum atomic E-state index is -0.472. The summed E-state index contributed by atoms with van der Waals surface area (Å²) >= 11 is 1.59. The highest BCUT2D eigenvalue weighted by Gasteiger charge is 2.06. The molecule has 0 saturated carbocycles. The van der Waals surface area contributed by atoms with Gasteiger partial charge in [0.1, 0.15) is 5.82 Å². The van der Waals surface area contributed by atoms with E-state index in [1.165, 1.54) is 0 Å². The van der Waals surface area contributed by atoms with Gasteiger partial charge in [-0.25, -0.2) is 9.97 Å². The summed E-state index contributed by atoms with van der Waals surface area (Å²) in [6.45, 7) is 2.47. The minimum Gasteiger partial charge on any atom is -0.389 e. The molecular formula is C12H15N3OS. The lowest BCUT2D eigenvalue weighted by atomic mass is 10.2. The standard InChI is InChI=1S/C12H15N3OS/c1-9(16)10-3-4-12(13-5-10)15(2)6-11-7-17-8-14-11/h3-5,7-9,16H,6H2,1-2H3. The van der Waals surface area contributed by atoms with Gasteiger partial charge in [0.2, 0.25) is 0 Å². The summed E-state index contributed by atoms with van der Waals surface area (Å²) in [6.07, 6.45) is 1.23. The number of thiazole rings is 1. The van der Waals surface area contributed by atoms with Crippen LogP contribution in [0.2, 0.25) is 0 Å². The minimum absolute atomic E-state index is 0.472. The molecule has 0 amide bonds. The van der Waals surface area contributed by atoms with E-state index in [9.17, 15) is 5.11 Å². The number of nitrogens with zero attached hydrogens (tertiary/aromatic N) is 3. The number of hydrogen-bond acceptors (Lipinski definition) is 5. The Balaban J connectivity index is 2.06. The van der Waals surface area contributed by atoms with Crippen molar-refractivity contribution in [2.24, 2.45) is 0 Å². The maximum absolute atomic E-state index is 9.40. The second kappa shape index (κ2) is 5.25. The average molecular weight is 249 g/mol. The molecule has 1 atom stereocenters. The number of aliphatic hydroxyl groups excluding tert-OH is 1. The Morgan fingerprint density at radius 3 is 2.76 bits per heavy atom. The van der Waals surface area contributed by atoms with Crippen molar-refractivity contribution < 1.29 is 5.11 Å². The van der Waals surface area contributed by atoms with Gasteiger partial charge in [-0.3, -0.25) is 0 Å². The van der Waals surface area contributed by atoms with Gasteiger partial charge in [0.25, 0.3) is 0 Å². The van der Waals surface area contributed by atoms with Gasteiger partial charge in [-0.05, 0) is 18.6 Å². The monoisotopic (exact) mass is 249 g/mol. The van der Waals surface area contributed by atoms with Crippen molar-refractivity contribution in [3.63, 3.8) is 0 Å². The maximum Gasteiger partial charge on any atom is 0.128 e. The molecule has 4 nitrogen and oxygen atoms in total. The van der Waals surface area contributed by atoms with E-state index >= 15 is 0 Å². The van der Waals surface area contributed by atoms with Gasteiger partial charge in [0.05, 0.1) is 23.9 Å². The molecule has 0 aliphatic carbocycles. The average Bonchev–Trinajstić information content (AvgIpc) is 2.82. The predicted molar refractivity (Wildman–Crippen MR) is 69.1 cm³/mol. The molecule has 0 spiro atoms. The molecule has 1 N–H and O–H groups in total. The zero-order valence-electron chi connectivity index (χ0n) is 9.87. The van der Waals surface area contributed by atoms with Crippen molar-refractivity contribution in [2.45, 2.75) is 19.6 Å². The van der Waals surface area contributed by atoms with Crippen LogP contribution in [-0.2, 0) is 6.54 Å². The van der Waals surface area contributed by atoms with E-state index in [0.717, 1.165) is 23.6 Å². The number of anilines is 1. The molecule has 0 aliphatic heterocycles. The summed E-state index contributed by atoms with van der Waals surface area (Å²) in [5.41, 5.74) is 3.70. The SMILES string of the molecule is CC(O)c1ccc(N(C)Cc2cscn2)nc1. The molecule has 2 rings (SSSR count). The highest BCUT2D eigenvalue weighted by Crippen LogP contribution is 2.16. The first kappa shape index (κ1) is 12.0. The van der Waals surface area contributed by atoms with Gasteiger partial charge in [-0.2, -0.15) is 0 Å². The Morgan fingerprint density at radius 1 is 1.41 bits per heavy atom. The second-order valence-electron chi connectivity index (χ2n) is 3.96. The van der Waals surface area contributed by atoms with E-state index in [4.69, 9.17) is 0 Å². The molecule has 0 radical (unpaired) electrons. The first-order chi connectivity index (χ1) is 8.16. The fourth-order valence-electron chi connectivity index (χ4n) is 1.51. The molecule has 1 unspecified atom stereocenters. The van der Waals surface area contributed by atoms with Crippen molar-refractivity contribution in [2.75, 3.05) is 11.9 Å². The van der Waals surface area contributed by atoms with Gasteiger partial charge in [0.15, 0.2) is 0 Å². The van der Waals surface area contributed by atoms with Crippen LogP contribution >= 0.6 is 11.3 Å². The molecule has 2 aromatic heterocycles. The Hall–Kier alpha value is -1.46. The molecule has 0 fully saturated rings. The molecule has 2 heterocycles. The zero-order chi connectivity index (χ0) is 12.3. The predicted octanol–water partition coefficient (Wildman–Crippen LogP) is 2.23. The number of aliphatic hydroxyl groups is 1. The summed E-state index contributed by atoms with van der Waals surface area (Å²) in [5.74, 6) is 0.877. The second-order valence-corrected chi connectivity index (χ2v) is 4.68. The van der Waals surface area contributed by atoms with Crippen LogP contribution in [0.25, 0.3) is 0 Å². The fourth-order valence-corrected chi connectivity index (χ4v) is 2.06. The Kier molecular flexibility index (Phi) is 3.71. The van der Waals surface area contributed by atoms with Crippen LogP contribution < -0.4 is 4.90 Å².